The molecule has 0 aliphatic carbocycles. The number of methoxy groups -OCH3 is 1. The van der Waals surface area contributed by atoms with Gasteiger partial charge in [0.1, 0.15) is 0 Å². The molecule has 2 heteroatoms. The van der Waals surface area contributed by atoms with Crippen LogP contribution in [-0.2, 0) is 9.53 Å². The van der Waals surface area contributed by atoms with Gasteiger partial charge >= 0.3 is 5.97 Å². The fourth-order valence-corrected chi connectivity index (χ4v) is 2.00. The maximum atomic E-state index is 11.1. The highest BCUT2D eigenvalue weighted by molar-refractivity contribution is 5.71. The van der Waals surface area contributed by atoms with Gasteiger partial charge in [0.25, 0.3) is 0 Å². The Morgan fingerprint density at radius 2 is 2.05 bits per heavy atom. The molecule has 0 aromatic heterocycles. The summed E-state index contributed by atoms with van der Waals surface area (Å²) in [6.07, 6.45) is 8.54. The Labute approximate surface area is 125 Å². The molecule has 0 heterocycles. The molecule has 0 N–H and O–H groups in total. The first kappa shape index (κ1) is 19.0. The molecule has 0 rings (SSSR count). The molecule has 0 aromatic rings. The molecule has 1 atom stereocenters. The van der Waals surface area contributed by atoms with Crippen molar-refractivity contribution in [2.75, 3.05) is 7.11 Å². The van der Waals surface area contributed by atoms with Crippen LogP contribution in [0.3, 0.4) is 0 Å². The average Bonchev–Trinajstić information content (AvgIpc) is 2.38. The minimum atomic E-state index is -0.196. The van der Waals surface area contributed by atoms with E-state index in [4.69, 9.17) is 0 Å². The highest BCUT2D eigenvalue weighted by Crippen LogP contribution is 2.28. The van der Waals surface area contributed by atoms with Crippen molar-refractivity contribution in [3.8, 4) is 0 Å². The van der Waals surface area contributed by atoms with Gasteiger partial charge in [0, 0.05) is 0 Å². The van der Waals surface area contributed by atoms with E-state index in [0.717, 1.165) is 12.0 Å². The fourth-order valence-electron chi connectivity index (χ4n) is 2.00. The Morgan fingerprint density at radius 1 is 1.40 bits per heavy atom. The summed E-state index contributed by atoms with van der Waals surface area (Å²) in [5, 5.41) is 0. The third kappa shape index (κ3) is 9.86. The van der Waals surface area contributed by atoms with Crippen LogP contribution in [0.5, 0.6) is 0 Å². The normalized spacial score (nSPS) is 12.5. The lowest BCUT2D eigenvalue weighted by Gasteiger charge is -2.23. The number of esters is 1. The molecule has 0 fully saturated rings. The van der Waals surface area contributed by atoms with E-state index < -0.39 is 0 Å². The van der Waals surface area contributed by atoms with Gasteiger partial charge in [-0.05, 0) is 42.7 Å². The van der Waals surface area contributed by atoms with Gasteiger partial charge in [-0.2, -0.15) is 0 Å². The predicted octanol–water partition coefficient (Wildman–Crippen LogP) is 5.28. The summed E-state index contributed by atoms with van der Waals surface area (Å²) in [5.41, 5.74) is 4.61. The molecule has 0 saturated carbocycles. The van der Waals surface area contributed by atoms with Gasteiger partial charge in [0.05, 0.1) is 13.5 Å². The van der Waals surface area contributed by atoms with E-state index in [2.05, 4.69) is 44.2 Å². The summed E-state index contributed by atoms with van der Waals surface area (Å²) < 4.78 is 4.63. The Kier molecular flexibility index (Phi) is 9.33. The van der Waals surface area contributed by atoms with Crippen LogP contribution in [0, 0.1) is 11.3 Å². The highest BCUT2D eigenvalue weighted by atomic mass is 16.5. The SMILES string of the molecule is CCC(C)(C)CCCC(C)CC=C=C(C)CC(=O)OC. The van der Waals surface area contributed by atoms with Gasteiger partial charge in [0.2, 0.25) is 0 Å². The second-order valence-electron chi connectivity index (χ2n) is 6.63. The van der Waals surface area contributed by atoms with E-state index in [1.165, 1.54) is 32.8 Å². The number of ether oxygens (including phenoxy) is 1. The summed E-state index contributed by atoms with van der Waals surface area (Å²) in [4.78, 5) is 11.1. The van der Waals surface area contributed by atoms with E-state index in [-0.39, 0.29) is 5.97 Å². The summed E-state index contributed by atoms with van der Waals surface area (Å²) in [6, 6.07) is 0. The van der Waals surface area contributed by atoms with Crippen LogP contribution in [0.4, 0.5) is 0 Å². The standard InChI is InChI=1S/C18H32O2/c1-7-18(4,5)13-9-12-15(2)10-8-11-16(3)14-17(19)20-6/h8,15H,7,9-10,12-14H2,1-6H3. The maximum absolute atomic E-state index is 11.1. The topological polar surface area (TPSA) is 26.3 Å². The van der Waals surface area contributed by atoms with Crippen LogP contribution in [0.1, 0.15) is 73.1 Å². The summed E-state index contributed by atoms with van der Waals surface area (Å²) in [6.45, 7) is 11.2. The quantitative estimate of drug-likeness (QED) is 0.424. The molecule has 1 unspecified atom stereocenters. The molecule has 0 radical (unpaired) electrons. The third-order valence-corrected chi connectivity index (χ3v) is 4.01. The highest BCUT2D eigenvalue weighted by Gasteiger charge is 2.14. The van der Waals surface area contributed by atoms with Crippen LogP contribution in [0.15, 0.2) is 17.4 Å². The van der Waals surface area contributed by atoms with Crippen LogP contribution in [-0.4, -0.2) is 13.1 Å². The fraction of sp³-hybridized carbons (Fsp3) is 0.778. The molecule has 0 aliphatic heterocycles. The van der Waals surface area contributed by atoms with Crippen LogP contribution in [0.25, 0.3) is 0 Å². The number of hydrogen-bond acceptors (Lipinski definition) is 2. The minimum Gasteiger partial charge on any atom is -0.469 e. The lowest BCUT2D eigenvalue weighted by molar-refractivity contribution is -0.139. The number of carbonyl (C=O) groups is 1. The Morgan fingerprint density at radius 3 is 2.60 bits per heavy atom. The Bertz CT molecular complexity index is 346. The first-order chi connectivity index (χ1) is 9.30. The lowest BCUT2D eigenvalue weighted by Crippen LogP contribution is -2.09. The molecule has 0 saturated heterocycles. The first-order valence-electron chi connectivity index (χ1n) is 7.78. The summed E-state index contributed by atoms with van der Waals surface area (Å²) >= 11 is 0. The molecule has 20 heavy (non-hydrogen) atoms. The van der Waals surface area contributed by atoms with E-state index in [9.17, 15) is 4.79 Å². The van der Waals surface area contributed by atoms with E-state index >= 15 is 0 Å². The molecule has 116 valence electrons. The van der Waals surface area contributed by atoms with Crippen LogP contribution < -0.4 is 0 Å². The molecule has 0 spiro atoms. The molecular weight excluding hydrogens is 248 g/mol. The number of rotatable bonds is 9. The van der Waals surface area contributed by atoms with Gasteiger partial charge in [-0.25, -0.2) is 0 Å². The van der Waals surface area contributed by atoms with E-state index in [1.54, 1.807) is 0 Å². The summed E-state index contributed by atoms with van der Waals surface area (Å²) in [7, 11) is 1.42. The zero-order valence-electron chi connectivity index (χ0n) is 14.2. The van der Waals surface area contributed by atoms with Gasteiger partial charge in [-0.15, -0.1) is 5.73 Å². The molecule has 2 nitrogen and oxygen atoms in total. The second-order valence-corrected chi connectivity index (χ2v) is 6.63. The van der Waals surface area contributed by atoms with E-state index in [1.807, 2.05) is 6.92 Å². The van der Waals surface area contributed by atoms with Crippen molar-refractivity contribution in [2.45, 2.75) is 73.1 Å². The van der Waals surface area contributed by atoms with Crippen molar-refractivity contribution in [2.24, 2.45) is 11.3 Å². The maximum Gasteiger partial charge on any atom is 0.310 e. The molecule has 0 amide bonds. The van der Waals surface area contributed by atoms with Crippen molar-refractivity contribution < 1.29 is 9.53 Å². The molecule has 0 aliphatic rings. The van der Waals surface area contributed by atoms with Crippen molar-refractivity contribution in [1.29, 1.82) is 0 Å². The zero-order chi connectivity index (χ0) is 15.6. The van der Waals surface area contributed by atoms with Crippen molar-refractivity contribution >= 4 is 5.97 Å². The monoisotopic (exact) mass is 280 g/mol. The van der Waals surface area contributed by atoms with Gasteiger partial charge in [0.15, 0.2) is 0 Å². The molecule has 0 bridgehead atoms. The average molecular weight is 280 g/mol. The molecular formula is C18H32O2. The smallest absolute Gasteiger partial charge is 0.310 e. The number of carbonyl (C=O) groups excluding carboxylic acids is 1. The Balaban J connectivity index is 4.01. The van der Waals surface area contributed by atoms with Crippen molar-refractivity contribution in [3.63, 3.8) is 0 Å². The van der Waals surface area contributed by atoms with Crippen LogP contribution >= 0.6 is 0 Å². The van der Waals surface area contributed by atoms with Crippen molar-refractivity contribution in [3.05, 3.63) is 17.4 Å². The minimum absolute atomic E-state index is 0.196. The van der Waals surface area contributed by atoms with Gasteiger partial charge in [-0.1, -0.05) is 47.0 Å². The zero-order valence-corrected chi connectivity index (χ0v) is 14.2. The Hall–Kier alpha value is -1.01. The van der Waals surface area contributed by atoms with Crippen molar-refractivity contribution in [1.82, 2.24) is 0 Å². The largest absolute Gasteiger partial charge is 0.469 e. The first-order valence-corrected chi connectivity index (χ1v) is 7.78. The number of hydrogen-bond donors (Lipinski definition) is 0. The second kappa shape index (κ2) is 9.83. The van der Waals surface area contributed by atoms with Gasteiger partial charge in [-0.3, -0.25) is 4.79 Å². The molecule has 0 aromatic carbocycles. The van der Waals surface area contributed by atoms with Crippen LogP contribution in [0.2, 0.25) is 0 Å². The summed E-state index contributed by atoms with van der Waals surface area (Å²) in [5.74, 6) is 0.485. The third-order valence-electron chi connectivity index (χ3n) is 4.01. The predicted molar refractivity (Wildman–Crippen MR) is 85.6 cm³/mol. The van der Waals surface area contributed by atoms with E-state index in [0.29, 0.717) is 17.8 Å². The van der Waals surface area contributed by atoms with Gasteiger partial charge < -0.3 is 4.74 Å². The lowest BCUT2D eigenvalue weighted by atomic mass is 9.83.